The van der Waals surface area contributed by atoms with Gasteiger partial charge < -0.3 is 5.32 Å². The summed E-state index contributed by atoms with van der Waals surface area (Å²) in [6, 6.07) is 0.931. The van der Waals surface area contributed by atoms with Crippen LogP contribution in [0, 0.1) is 5.92 Å². The molecule has 1 atom stereocenters. The van der Waals surface area contributed by atoms with Crippen molar-refractivity contribution in [3.63, 3.8) is 0 Å². The molecule has 1 aromatic heterocycles. The molecule has 0 bridgehead atoms. The van der Waals surface area contributed by atoms with Crippen molar-refractivity contribution in [2.24, 2.45) is 5.92 Å². The van der Waals surface area contributed by atoms with Gasteiger partial charge in [-0.3, -0.25) is 4.57 Å². The van der Waals surface area contributed by atoms with E-state index in [1.807, 2.05) is 11.6 Å². The molecule has 2 N–H and O–H groups in total. The lowest BCUT2D eigenvalue weighted by atomic mass is 10.0. The Morgan fingerprint density at radius 1 is 1.42 bits per heavy atom. The molecule has 1 unspecified atom stereocenters. The van der Waals surface area contributed by atoms with Gasteiger partial charge >= 0.3 is 5.69 Å². The molecule has 2 aliphatic rings. The molecule has 5 nitrogen and oxygen atoms in total. The topological polar surface area (TPSA) is 62.7 Å². The maximum absolute atomic E-state index is 11.7. The summed E-state index contributed by atoms with van der Waals surface area (Å²) >= 11 is 1.71. The van der Waals surface area contributed by atoms with E-state index in [1.165, 1.54) is 25.7 Å². The molecule has 0 spiro atoms. The highest BCUT2D eigenvalue weighted by Gasteiger charge is 2.29. The van der Waals surface area contributed by atoms with Gasteiger partial charge in [-0.15, -0.1) is 5.10 Å². The monoisotopic (exact) mass is 282 g/mol. The Labute approximate surface area is 117 Å². The third kappa shape index (κ3) is 2.89. The van der Waals surface area contributed by atoms with Gasteiger partial charge in [0.05, 0.1) is 0 Å². The van der Waals surface area contributed by atoms with E-state index in [0.717, 1.165) is 29.7 Å². The maximum Gasteiger partial charge on any atom is 0.344 e. The van der Waals surface area contributed by atoms with Crippen molar-refractivity contribution < 1.29 is 0 Å². The number of aromatic nitrogens is 3. The van der Waals surface area contributed by atoms with Crippen LogP contribution in [-0.2, 0) is 0 Å². The van der Waals surface area contributed by atoms with Gasteiger partial charge in [0.25, 0.3) is 0 Å². The average Bonchev–Trinajstić information content (AvgIpc) is 2.96. The Balaban J connectivity index is 1.63. The molecule has 1 heterocycles. The second-order valence-electron chi connectivity index (χ2n) is 5.66. The van der Waals surface area contributed by atoms with Crippen LogP contribution in [-0.4, -0.2) is 33.6 Å². The standard InChI is InChI=1S/C13H22N4OS/c1-14-11(9-4-2-3-5-9)8-19-13-16-15-12(18)17(13)10-6-7-10/h9-11,14H,2-8H2,1H3,(H,15,18). The Morgan fingerprint density at radius 2 is 2.16 bits per heavy atom. The van der Waals surface area contributed by atoms with Crippen LogP contribution in [0.5, 0.6) is 0 Å². The van der Waals surface area contributed by atoms with Gasteiger partial charge in [0.15, 0.2) is 5.16 Å². The van der Waals surface area contributed by atoms with Crippen LogP contribution in [0.2, 0.25) is 0 Å². The molecule has 19 heavy (non-hydrogen) atoms. The van der Waals surface area contributed by atoms with E-state index in [1.54, 1.807) is 11.8 Å². The normalized spacial score (nSPS) is 21.9. The summed E-state index contributed by atoms with van der Waals surface area (Å²) in [7, 11) is 2.04. The molecule has 0 saturated heterocycles. The number of hydrogen-bond donors (Lipinski definition) is 2. The summed E-state index contributed by atoms with van der Waals surface area (Å²) in [5.41, 5.74) is -0.0492. The lowest BCUT2D eigenvalue weighted by Crippen LogP contribution is -2.34. The zero-order valence-electron chi connectivity index (χ0n) is 11.4. The van der Waals surface area contributed by atoms with E-state index < -0.39 is 0 Å². The third-order valence-electron chi connectivity index (χ3n) is 4.32. The first-order valence-corrected chi connectivity index (χ1v) is 8.25. The van der Waals surface area contributed by atoms with Gasteiger partial charge in [-0.1, -0.05) is 24.6 Å². The lowest BCUT2D eigenvalue weighted by molar-refractivity contribution is 0.410. The van der Waals surface area contributed by atoms with Crippen molar-refractivity contribution >= 4 is 11.8 Å². The number of H-pyrrole nitrogens is 1. The summed E-state index contributed by atoms with van der Waals surface area (Å²) in [6.45, 7) is 0. The largest absolute Gasteiger partial charge is 0.344 e. The Hall–Kier alpha value is -0.750. The van der Waals surface area contributed by atoms with Crippen LogP contribution in [0.25, 0.3) is 0 Å². The number of nitrogens with zero attached hydrogens (tertiary/aromatic N) is 2. The highest BCUT2D eigenvalue weighted by Crippen LogP contribution is 2.36. The van der Waals surface area contributed by atoms with Crippen LogP contribution in [0.4, 0.5) is 0 Å². The molecule has 2 fully saturated rings. The Kier molecular flexibility index (Phi) is 3.98. The number of aromatic amines is 1. The minimum absolute atomic E-state index is 0.0492. The summed E-state index contributed by atoms with van der Waals surface area (Å²) < 4.78 is 1.84. The molecule has 0 aromatic carbocycles. The zero-order valence-corrected chi connectivity index (χ0v) is 12.2. The first-order chi connectivity index (χ1) is 9.29. The van der Waals surface area contributed by atoms with E-state index in [2.05, 4.69) is 15.5 Å². The fourth-order valence-electron chi connectivity index (χ4n) is 3.03. The van der Waals surface area contributed by atoms with Crippen molar-refractivity contribution in [2.45, 2.75) is 55.8 Å². The smallest absolute Gasteiger partial charge is 0.316 e. The van der Waals surface area contributed by atoms with E-state index >= 15 is 0 Å². The number of hydrogen-bond acceptors (Lipinski definition) is 4. The summed E-state index contributed by atoms with van der Waals surface area (Å²) in [5, 5.41) is 11.1. The SMILES string of the molecule is CNC(CSc1n[nH]c(=O)n1C1CC1)C1CCCC1. The fourth-order valence-corrected chi connectivity index (χ4v) is 4.27. The van der Waals surface area contributed by atoms with Crippen molar-refractivity contribution in [1.82, 2.24) is 20.1 Å². The van der Waals surface area contributed by atoms with Crippen molar-refractivity contribution in [1.29, 1.82) is 0 Å². The van der Waals surface area contributed by atoms with Crippen LogP contribution in [0.3, 0.4) is 0 Å². The van der Waals surface area contributed by atoms with Crippen LogP contribution in [0.1, 0.15) is 44.6 Å². The molecular formula is C13H22N4OS. The van der Waals surface area contributed by atoms with Crippen LogP contribution < -0.4 is 11.0 Å². The minimum atomic E-state index is -0.0492. The number of nitrogens with one attached hydrogen (secondary N) is 2. The quantitative estimate of drug-likeness (QED) is 0.781. The maximum atomic E-state index is 11.7. The highest BCUT2D eigenvalue weighted by atomic mass is 32.2. The first-order valence-electron chi connectivity index (χ1n) is 7.26. The summed E-state index contributed by atoms with van der Waals surface area (Å²) in [5.74, 6) is 1.79. The predicted octanol–water partition coefficient (Wildman–Crippen LogP) is 1.78. The van der Waals surface area contributed by atoms with Gasteiger partial charge in [-0.05, 0) is 38.6 Å². The lowest BCUT2D eigenvalue weighted by Gasteiger charge is -2.22. The van der Waals surface area contributed by atoms with E-state index in [4.69, 9.17) is 0 Å². The molecule has 0 amide bonds. The number of thioether (sulfide) groups is 1. The average molecular weight is 282 g/mol. The minimum Gasteiger partial charge on any atom is -0.316 e. The molecule has 106 valence electrons. The molecular weight excluding hydrogens is 260 g/mol. The van der Waals surface area contributed by atoms with Gasteiger partial charge in [0.2, 0.25) is 0 Å². The Morgan fingerprint density at radius 3 is 2.79 bits per heavy atom. The second-order valence-corrected chi connectivity index (χ2v) is 6.65. The molecule has 2 aliphatic carbocycles. The van der Waals surface area contributed by atoms with Gasteiger partial charge in [-0.2, -0.15) is 0 Å². The summed E-state index contributed by atoms with van der Waals surface area (Å²) in [4.78, 5) is 11.7. The van der Waals surface area contributed by atoms with E-state index in [-0.39, 0.29) is 5.69 Å². The van der Waals surface area contributed by atoms with Crippen molar-refractivity contribution in [3.05, 3.63) is 10.5 Å². The van der Waals surface area contributed by atoms with E-state index in [9.17, 15) is 4.79 Å². The van der Waals surface area contributed by atoms with Gasteiger partial charge in [-0.25, -0.2) is 9.89 Å². The van der Waals surface area contributed by atoms with Crippen molar-refractivity contribution in [3.8, 4) is 0 Å². The number of rotatable bonds is 6. The molecule has 6 heteroatoms. The van der Waals surface area contributed by atoms with E-state index in [0.29, 0.717) is 12.1 Å². The third-order valence-corrected chi connectivity index (χ3v) is 5.39. The Bertz CT molecular complexity index is 473. The predicted molar refractivity (Wildman–Crippen MR) is 76.6 cm³/mol. The molecule has 0 radical (unpaired) electrons. The van der Waals surface area contributed by atoms with Gasteiger partial charge in [0, 0.05) is 17.8 Å². The molecule has 0 aliphatic heterocycles. The van der Waals surface area contributed by atoms with Crippen molar-refractivity contribution in [2.75, 3.05) is 12.8 Å². The zero-order chi connectivity index (χ0) is 13.2. The molecule has 1 aromatic rings. The highest BCUT2D eigenvalue weighted by molar-refractivity contribution is 7.99. The second kappa shape index (κ2) is 5.71. The van der Waals surface area contributed by atoms with Crippen LogP contribution in [0.15, 0.2) is 9.95 Å². The molecule has 3 rings (SSSR count). The first kappa shape index (κ1) is 13.2. The summed E-state index contributed by atoms with van der Waals surface area (Å²) in [6.07, 6.45) is 7.63. The fraction of sp³-hybridized carbons (Fsp3) is 0.846. The molecule has 2 saturated carbocycles. The van der Waals surface area contributed by atoms with Crippen LogP contribution >= 0.6 is 11.8 Å². The van der Waals surface area contributed by atoms with Gasteiger partial charge in [0.1, 0.15) is 0 Å².